The van der Waals surface area contributed by atoms with Gasteiger partial charge in [0, 0.05) is 29.4 Å². The van der Waals surface area contributed by atoms with Gasteiger partial charge >= 0.3 is 5.97 Å². The molecule has 0 aliphatic rings. The van der Waals surface area contributed by atoms with Crippen molar-refractivity contribution in [3.05, 3.63) is 57.9 Å². The van der Waals surface area contributed by atoms with Gasteiger partial charge in [-0.1, -0.05) is 17.7 Å². The van der Waals surface area contributed by atoms with Crippen molar-refractivity contribution in [2.24, 2.45) is 0 Å². The lowest BCUT2D eigenvalue weighted by Gasteiger charge is -2.26. The molecule has 0 atom stereocenters. The number of carbonyl (C=O) groups is 3. The van der Waals surface area contributed by atoms with Crippen molar-refractivity contribution >= 4 is 17.7 Å². The highest BCUT2D eigenvalue weighted by Crippen LogP contribution is 2.24. The van der Waals surface area contributed by atoms with Gasteiger partial charge in [-0.15, -0.1) is 0 Å². The van der Waals surface area contributed by atoms with Crippen molar-refractivity contribution in [2.45, 2.75) is 61.1 Å². The summed E-state index contributed by atoms with van der Waals surface area (Å²) in [5, 5.41) is 0. The van der Waals surface area contributed by atoms with Crippen LogP contribution in [0.15, 0.2) is 24.3 Å². The first kappa shape index (κ1) is 23.4. The number of carbonyl (C=O) groups excluding carboxylic acids is 3. The molecule has 0 spiro atoms. The minimum atomic E-state index is -0.435. The molecule has 2 aromatic rings. The maximum Gasteiger partial charge on any atom is 0.355 e. The Balaban J connectivity index is 2.40. The predicted octanol–water partition coefficient (Wildman–Crippen LogP) is 4.34. The molecule has 0 radical (unpaired) electrons. The minimum Gasteiger partial charge on any atom is -0.461 e. The van der Waals surface area contributed by atoms with Gasteiger partial charge in [-0.25, -0.2) is 4.79 Å². The van der Waals surface area contributed by atoms with Gasteiger partial charge in [-0.3, -0.25) is 9.59 Å². The Hall–Kier alpha value is -2.89. The molecule has 6 nitrogen and oxygen atoms in total. The van der Waals surface area contributed by atoms with E-state index in [1.807, 2.05) is 51.3 Å². The van der Waals surface area contributed by atoms with Crippen molar-refractivity contribution in [3.63, 3.8) is 0 Å². The predicted molar refractivity (Wildman–Crippen MR) is 117 cm³/mol. The maximum atomic E-state index is 13.3. The van der Waals surface area contributed by atoms with Crippen LogP contribution in [0.2, 0.25) is 0 Å². The van der Waals surface area contributed by atoms with Crippen LogP contribution in [-0.4, -0.2) is 46.3 Å². The second kappa shape index (κ2) is 9.74. The zero-order valence-electron chi connectivity index (χ0n) is 19.0. The summed E-state index contributed by atoms with van der Waals surface area (Å²) in [7, 11) is 0. The Bertz CT molecular complexity index is 939. The van der Waals surface area contributed by atoms with E-state index in [9.17, 15) is 14.4 Å². The maximum absolute atomic E-state index is 13.3. The van der Waals surface area contributed by atoms with Crippen molar-refractivity contribution in [2.75, 3.05) is 13.2 Å². The van der Waals surface area contributed by atoms with E-state index in [-0.39, 0.29) is 30.9 Å². The van der Waals surface area contributed by atoms with Crippen molar-refractivity contribution < 1.29 is 19.1 Å². The average molecular weight is 413 g/mol. The van der Waals surface area contributed by atoms with Gasteiger partial charge in [0.2, 0.25) is 0 Å². The molecule has 0 N–H and O–H groups in total. The highest BCUT2D eigenvalue weighted by molar-refractivity contribution is 6.06. The molecular formula is C24H32N2O4. The fraction of sp³-hybridized carbons (Fsp3) is 0.458. The number of aryl methyl sites for hydroxylation is 1. The molecule has 1 amide bonds. The molecule has 0 fully saturated rings. The van der Waals surface area contributed by atoms with E-state index in [1.54, 1.807) is 30.9 Å². The summed E-state index contributed by atoms with van der Waals surface area (Å²) in [6, 6.07) is 7.17. The van der Waals surface area contributed by atoms with E-state index < -0.39 is 5.97 Å². The van der Waals surface area contributed by atoms with E-state index in [2.05, 4.69) is 0 Å². The van der Waals surface area contributed by atoms with Crippen LogP contribution in [-0.2, 0) is 11.3 Å². The minimum absolute atomic E-state index is 0.0535. The zero-order valence-corrected chi connectivity index (χ0v) is 19.0. The number of hydrogen-bond donors (Lipinski definition) is 0. The normalized spacial score (nSPS) is 10.9. The standard InChI is InChI=1S/C24H32N2O4/c1-8-25-18(7)21(17(6)22(25)24(29)30-9-2)20(27)14-26(15(3)4)23(28)19-12-10-16(5)11-13-19/h10-13,15H,8-9,14H2,1-7H3. The lowest BCUT2D eigenvalue weighted by atomic mass is 10.0. The largest absolute Gasteiger partial charge is 0.461 e. The molecule has 0 saturated heterocycles. The Labute approximate surface area is 178 Å². The van der Waals surface area contributed by atoms with Crippen LogP contribution in [0.1, 0.15) is 75.7 Å². The third-order valence-corrected chi connectivity index (χ3v) is 5.33. The summed E-state index contributed by atoms with van der Waals surface area (Å²) in [5.74, 6) is -0.804. The lowest BCUT2D eigenvalue weighted by Crippen LogP contribution is -2.41. The van der Waals surface area contributed by atoms with Gasteiger partial charge in [0.25, 0.3) is 5.91 Å². The lowest BCUT2D eigenvalue weighted by molar-refractivity contribution is 0.0512. The quantitative estimate of drug-likeness (QED) is 0.478. The number of ether oxygens (including phenoxy) is 1. The number of amides is 1. The summed E-state index contributed by atoms with van der Waals surface area (Å²) in [6.45, 7) is 13.8. The van der Waals surface area contributed by atoms with Gasteiger partial charge in [0.1, 0.15) is 5.69 Å². The second-order valence-electron chi connectivity index (χ2n) is 7.71. The summed E-state index contributed by atoms with van der Waals surface area (Å²) in [6.07, 6.45) is 0. The number of ketones is 1. The van der Waals surface area contributed by atoms with Crippen LogP contribution in [0.3, 0.4) is 0 Å². The van der Waals surface area contributed by atoms with E-state index >= 15 is 0 Å². The molecule has 30 heavy (non-hydrogen) atoms. The highest BCUT2D eigenvalue weighted by Gasteiger charge is 2.29. The molecule has 0 bridgehead atoms. The smallest absolute Gasteiger partial charge is 0.355 e. The first-order valence-electron chi connectivity index (χ1n) is 10.4. The molecule has 1 aromatic heterocycles. The number of rotatable bonds is 8. The third-order valence-electron chi connectivity index (χ3n) is 5.33. The first-order valence-corrected chi connectivity index (χ1v) is 10.4. The fourth-order valence-corrected chi connectivity index (χ4v) is 3.75. The average Bonchev–Trinajstić information content (AvgIpc) is 2.95. The van der Waals surface area contributed by atoms with E-state index in [0.29, 0.717) is 28.9 Å². The molecule has 2 rings (SSSR count). The zero-order chi connectivity index (χ0) is 22.6. The number of esters is 1. The van der Waals surface area contributed by atoms with Gasteiger partial charge in [0.05, 0.1) is 13.2 Å². The molecular weight excluding hydrogens is 380 g/mol. The Kier molecular flexibility index (Phi) is 7.59. The Morgan fingerprint density at radius 1 is 1.03 bits per heavy atom. The fourth-order valence-electron chi connectivity index (χ4n) is 3.75. The van der Waals surface area contributed by atoms with Crippen LogP contribution in [0.5, 0.6) is 0 Å². The summed E-state index contributed by atoms with van der Waals surface area (Å²) in [4.78, 5) is 40.4. The number of nitrogens with zero attached hydrogens (tertiary/aromatic N) is 2. The highest BCUT2D eigenvalue weighted by atomic mass is 16.5. The molecule has 0 saturated carbocycles. The van der Waals surface area contributed by atoms with Gasteiger partial charge in [-0.2, -0.15) is 0 Å². The SMILES string of the molecule is CCOC(=O)c1c(C)c(C(=O)CN(C(=O)c2ccc(C)cc2)C(C)C)c(C)n1CC. The summed E-state index contributed by atoms with van der Waals surface area (Å²) < 4.78 is 7.00. The van der Waals surface area contributed by atoms with Gasteiger partial charge < -0.3 is 14.2 Å². The third kappa shape index (κ3) is 4.64. The van der Waals surface area contributed by atoms with Crippen molar-refractivity contribution in [1.29, 1.82) is 0 Å². The summed E-state index contributed by atoms with van der Waals surface area (Å²) in [5.41, 5.74) is 3.83. The van der Waals surface area contributed by atoms with E-state index in [1.165, 1.54) is 0 Å². The number of hydrogen-bond acceptors (Lipinski definition) is 4. The van der Waals surface area contributed by atoms with Crippen LogP contribution >= 0.6 is 0 Å². The Morgan fingerprint density at radius 2 is 1.63 bits per heavy atom. The van der Waals surface area contributed by atoms with Crippen LogP contribution < -0.4 is 0 Å². The number of benzene rings is 1. The molecule has 0 unspecified atom stereocenters. The molecule has 1 heterocycles. The molecule has 1 aromatic carbocycles. The first-order chi connectivity index (χ1) is 14.1. The van der Waals surface area contributed by atoms with Crippen LogP contribution in [0.25, 0.3) is 0 Å². The molecule has 0 aliphatic heterocycles. The van der Waals surface area contributed by atoms with Crippen LogP contribution in [0.4, 0.5) is 0 Å². The monoisotopic (exact) mass is 412 g/mol. The van der Waals surface area contributed by atoms with Gasteiger partial charge in [-0.05, 0) is 66.2 Å². The molecule has 162 valence electrons. The number of aromatic nitrogens is 1. The Morgan fingerprint density at radius 3 is 2.13 bits per heavy atom. The van der Waals surface area contributed by atoms with Crippen molar-refractivity contribution in [3.8, 4) is 0 Å². The summed E-state index contributed by atoms with van der Waals surface area (Å²) >= 11 is 0. The number of Topliss-reactive ketones (excluding diaryl/α,β-unsaturated/α-hetero) is 1. The molecule has 6 heteroatoms. The second-order valence-corrected chi connectivity index (χ2v) is 7.71. The molecule has 0 aliphatic carbocycles. The van der Waals surface area contributed by atoms with E-state index in [4.69, 9.17) is 4.74 Å². The topological polar surface area (TPSA) is 68.6 Å². The van der Waals surface area contributed by atoms with E-state index in [0.717, 1.165) is 11.3 Å². The van der Waals surface area contributed by atoms with Gasteiger partial charge in [0.15, 0.2) is 5.78 Å². The van der Waals surface area contributed by atoms with Crippen LogP contribution in [0, 0.1) is 20.8 Å². The van der Waals surface area contributed by atoms with Crippen molar-refractivity contribution in [1.82, 2.24) is 9.47 Å².